The average Bonchev–Trinajstić information content (AvgIpc) is 3.07. The van der Waals surface area contributed by atoms with Gasteiger partial charge in [-0.1, -0.05) is 11.6 Å². The van der Waals surface area contributed by atoms with Crippen molar-refractivity contribution in [3.05, 3.63) is 23.4 Å². The first-order chi connectivity index (χ1) is 10.2. The number of fused-ring (bicyclic) bond motifs is 1. The summed E-state index contributed by atoms with van der Waals surface area (Å²) in [7, 11) is 0. The van der Waals surface area contributed by atoms with Crippen molar-refractivity contribution < 1.29 is 4.79 Å². The molecule has 1 amide bonds. The number of nitrogens with zero attached hydrogens (tertiary/aromatic N) is 2. The maximum atomic E-state index is 12.0. The number of anilines is 1. The third kappa shape index (κ3) is 1.98. The van der Waals surface area contributed by atoms with Gasteiger partial charge >= 0.3 is 0 Å². The number of rotatable bonds is 1. The Balaban J connectivity index is 1.63. The second kappa shape index (κ2) is 4.61. The first kappa shape index (κ1) is 12.9. The molecule has 110 valence electrons. The molecule has 2 aliphatic rings. The maximum Gasteiger partial charge on any atom is 0.241 e. The minimum absolute atomic E-state index is 0.127. The summed E-state index contributed by atoms with van der Waals surface area (Å²) in [6.07, 6.45) is 3.42. The van der Waals surface area contributed by atoms with Crippen LogP contribution in [-0.4, -0.2) is 41.4 Å². The standard InChI is InChI=1S/C14H16ClN5O/c15-9-5-11-10(7-18-19-11)12(6-9)20-3-1-14(2-4-20)13(21)16-8-17-14/h5-7,17H,1-4,8H2,(H,16,21)(H,18,19). The Morgan fingerprint density at radius 1 is 1.29 bits per heavy atom. The number of carbonyl (C=O) groups excluding carboxylic acids is 1. The van der Waals surface area contributed by atoms with Crippen LogP contribution in [0.5, 0.6) is 0 Å². The Morgan fingerprint density at radius 2 is 2.10 bits per heavy atom. The Morgan fingerprint density at radius 3 is 2.81 bits per heavy atom. The van der Waals surface area contributed by atoms with E-state index in [2.05, 4.69) is 25.7 Å². The van der Waals surface area contributed by atoms with Gasteiger partial charge in [0.1, 0.15) is 5.54 Å². The lowest BCUT2D eigenvalue weighted by Crippen LogP contribution is -2.54. The largest absolute Gasteiger partial charge is 0.371 e. The number of piperidine rings is 1. The number of carbonyl (C=O) groups is 1. The summed E-state index contributed by atoms with van der Waals surface area (Å²) in [4.78, 5) is 14.3. The Labute approximate surface area is 126 Å². The number of hydrogen-bond acceptors (Lipinski definition) is 4. The van der Waals surface area contributed by atoms with Gasteiger partial charge in [0.15, 0.2) is 0 Å². The summed E-state index contributed by atoms with van der Waals surface area (Å²) in [6, 6.07) is 3.85. The number of aromatic amines is 1. The Hall–Kier alpha value is -1.79. The highest BCUT2D eigenvalue weighted by atomic mass is 35.5. The molecule has 1 aromatic carbocycles. The Kier molecular flexibility index (Phi) is 2.83. The van der Waals surface area contributed by atoms with Crippen molar-refractivity contribution in [2.45, 2.75) is 18.4 Å². The van der Waals surface area contributed by atoms with E-state index < -0.39 is 0 Å². The highest BCUT2D eigenvalue weighted by Gasteiger charge is 2.44. The van der Waals surface area contributed by atoms with Crippen LogP contribution in [0.1, 0.15) is 12.8 Å². The molecule has 0 aliphatic carbocycles. The molecule has 4 rings (SSSR count). The van der Waals surface area contributed by atoms with E-state index in [4.69, 9.17) is 11.6 Å². The molecule has 3 heterocycles. The molecule has 2 fully saturated rings. The zero-order chi connectivity index (χ0) is 14.4. The average molecular weight is 306 g/mol. The van der Waals surface area contributed by atoms with Gasteiger partial charge in [-0.05, 0) is 25.0 Å². The number of amides is 1. The van der Waals surface area contributed by atoms with E-state index in [9.17, 15) is 4.79 Å². The summed E-state index contributed by atoms with van der Waals surface area (Å²) in [5, 5.41) is 15.0. The minimum Gasteiger partial charge on any atom is -0.371 e. The van der Waals surface area contributed by atoms with Crippen molar-refractivity contribution in [3.8, 4) is 0 Å². The van der Waals surface area contributed by atoms with Crippen molar-refractivity contribution in [2.75, 3.05) is 24.7 Å². The smallest absolute Gasteiger partial charge is 0.241 e. The first-order valence-corrected chi connectivity index (χ1v) is 7.47. The topological polar surface area (TPSA) is 73.1 Å². The normalized spacial score (nSPS) is 21.2. The van der Waals surface area contributed by atoms with E-state index in [1.54, 1.807) is 0 Å². The third-order valence-electron chi connectivity index (χ3n) is 4.57. The number of halogens is 1. The van der Waals surface area contributed by atoms with Crippen LogP contribution in [0, 0.1) is 0 Å². The SMILES string of the molecule is O=C1NCNC12CCN(c1cc(Cl)cc3[nH]ncc13)CC2. The van der Waals surface area contributed by atoms with Crippen molar-refractivity contribution >= 4 is 34.1 Å². The fourth-order valence-corrected chi connectivity index (χ4v) is 3.55. The molecular formula is C14H16ClN5O. The zero-order valence-electron chi connectivity index (χ0n) is 11.4. The van der Waals surface area contributed by atoms with Gasteiger partial charge < -0.3 is 10.2 Å². The maximum absolute atomic E-state index is 12.0. The van der Waals surface area contributed by atoms with Crippen LogP contribution in [0.25, 0.3) is 10.9 Å². The van der Waals surface area contributed by atoms with E-state index in [1.165, 1.54) is 0 Å². The molecule has 2 aromatic rings. The lowest BCUT2D eigenvalue weighted by molar-refractivity contribution is -0.124. The molecule has 21 heavy (non-hydrogen) atoms. The third-order valence-corrected chi connectivity index (χ3v) is 4.79. The number of hydrogen-bond donors (Lipinski definition) is 3. The number of benzene rings is 1. The van der Waals surface area contributed by atoms with Crippen molar-refractivity contribution in [1.29, 1.82) is 0 Å². The van der Waals surface area contributed by atoms with E-state index in [0.717, 1.165) is 42.5 Å². The molecule has 2 aliphatic heterocycles. The number of H-pyrrole nitrogens is 1. The van der Waals surface area contributed by atoms with Crippen LogP contribution in [-0.2, 0) is 4.79 Å². The lowest BCUT2D eigenvalue weighted by atomic mass is 9.87. The van der Waals surface area contributed by atoms with Crippen LogP contribution in [0.15, 0.2) is 18.3 Å². The fourth-order valence-electron chi connectivity index (χ4n) is 3.34. The highest BCUT2D eigenvalue weighted by molar-refractivity contribution is 6.31. The predicted molar refractivity (Wildman–Crippen MR) is 81.4 cm³/mol. The second-order valence-electron chi connectivity index (χ2n) is 5.68. The summed E-state index contributed by atoms with van der Waals surface area (Å²) in [6.45, 7) is 2.21. The molecule has 1 spiro atoms. The predicted octanol–water partition coefficient (Wildman–Crippen LogP) is 1.23. The van der Waals surface area contributed by atoms with E-state index >= 15 is 0 Å². The molecule has 7 heteroatoms. The van der Waals surface area contributed by atoms with Crippen LogP contribution in [0.2, 0.25) is 5.02 Å². The lowest BCUT2D eigenvalue weighted by Gasteiger charge is -2.38. The van der Waals surface area contributed by atoms with Gasteiger partial charge in [0.05, 0.1) is 18.4 Å². The van der Waals surface area contributed by atoms with E-state index in [-0.39, 0.29) is 11.4 Å². The van der Waals surface area contributed by atoms with Crippen molar-refractivity contribution in [2.24, 2.45) is 0 Å². The van der Waals surface area contributed by atoms with Gasteiger partial charge in [0.2, 0.25) is 5.91 Å². The van der Waals surface area contributed by atoms with Crippen LogP contribution < -0.4 is 15.5 Å². The van der Waals surface area contributed by atoms with Gasteiger partial charge in [0.25, 0.3) is 0 Å². The molecule has 3 N–H and O–H groups in total. The molecule has 2 saturated heterocycles. The van der Waals surface area contributed by atoms with Gasteiger partial charge in [-0.3, -0.25) is 15.2 Å². The van der Waals surface area contributed by atoms with Crippen molar-refractivity contribution in [1.82, 2.24) is 20.8 Å². The minimum atomic E-state index is -0.384. The number of nitrogens with one attached hydrogen (secondary N) is 3. The first-order valence-electron chi connectivity index (χ1n) is 7.09. The van der Waals surface area contributed by atoms with E-state index in [1.807, 2.05) is 18.3 Å². The van der Waals surface area contributed by atoms with Crippen LogP contribution >= 0.6 is 11.6 Å². The summed E-state index contributed by atoms with van der Waals surface area (Å²) >= 11 is 6.19. The molecule has 1 aromatic heterocycles. The van der Waals surface area contributed by atoms with Crippen LogP contribution in [0.4, 0.5) is 5.69 Å². The van der Waals surface area contributed by atoms with Crippen LogP contribution in [0.3, 0.4) is 0 Å². The zero-order valence-corrected chi connectivity index (χ0v) is 12.2. The van der Waals surface area contributed by atoms with Gasteiger partial charge in [-0.15, -0.1) is 0 Å². The summed E-state index contributed by atoms with van der Waals surface area (Å²) < 4.78 is 0. The van der Waals surface area contributed by atoms with Crippen molar-refractivity contribution in [3.63, 3.8) is 0 Å². The quantitative estimate of drug-likeness (QED) is 0.741. The van der Waals surface area contributed by atoms with Gasteiger partial charge in [-0.25, -0.2) is 0 Å². The summed E-state index contributed by atoms with van der Waals surface area (Å²) in [5.74, 6) is 0.127. The highest BCUT2D eigenvalue weighted by Crippen LogP contribution is 2.34. The second-order valence-corrected chi connectivity index (χ2v) is 6.12. The summed E-state index contributed by atoms with van der Waals surface area (Å²) in [5.41, 5.74) is 1.64. The molecule has 0 bridgehead atoms. The molecule has 0 saturated carbocycles. The molecule has 0 radical (unpaired) electrons. The molecule has 0 unspecified atom stereocenters. The molecular weight excluding hydrogens is 290 g/mol. The van der Waals surface area contributed by atoms with Gasteiger partial charge in [-0.2, -0.15) is 5.10 Å². The van der Waals surface area contributed by atoms with E-state index in [0.29, 0.717) is 11.7 Å². The number of aromatic nitrogens is 2. The Bertz CT molecular complexity index is 704. The fraction of sp³-hybridized carbons (Fsp3) is 0.429. The van der Waals surface area contributed by atoms with Gasteiger partial charge in [0, 0.05) is 29.2 Å². The molecule has 0 atom stereocenters. The monoisotopic (exact) mass is 305 g/mol. The molecule has 6 nitrogen and oxygen atoms in total.